The number of likely N-dealkylation sites (N-methyl/N-ethyl adjacent to an activating group) is 1. The maximum atomic E-state index is 12.1. The van der Waals surface area contributed by atoms with Crippen LogP contribution in [0.1, 0.15) is 12.5 Å². The molecule has 0 saturated heterocycles. The SMILES string of the molecule is CC(CN)N(C)S(=O)(=O)Cc1ccccc1Cl.Cl. The number of sulfonamides is 1. The van der Waals surface area contributed by atoms with Gasteiger partial charge in [-0.15, -0.1) is 12.4 Å². The van der Waals surface area contributed by atoms with Gasteiger partial charge >= 0.3 is 0 Å². The molecule has 104 valence electrons. The van der Waals surface area contributed by atoms with Gasteiger partial charge in [-0.3, -0.25) is 0 Å². The highest BCUT2D eigenvalue weighted by atomic mass is 35.5. The Balaban J connectivity index is 0.00000289. The van der Waals surface area contributed by atoms with Gasteiger partial charge in [-0.2, -0.15) is 0 Å². The smallest absolute Gasteiger partial charge is 0.218 e. The molecule has 0 fully saturated rings. The van der Waals surface area contributed by atoms with E-state index in [-0.39, 0.29) is 30.7 Å². The molecule has 4 nitrogen and oxygen atoms in total. The topological polar surface area (TPSA) is 63.4 Å². The predicted molar refractivity (Wildman–Crippen MR) is 77.6 cm³/mol. The van der Waals surface area contributed by atoms with Crippen molar-refractivity contribution in [2.24, 2.45) is 5.73 Å². The highest BCUT2D eigenvalue weighted by Gasteiger charge is 2.23. The third-order valence-corrected chi connectivity index (χ3v) is 4.98. The number of nitrogens with zero attached hydrogens (tertiary/aromatic N) is 1. The van der Waals surface area contributed by atoms with Crippen molar-refractivity contribution in [1.82, 2.24) is 4.31 Å². The average Bonchev–Trinajstić information content (AvgIpc) is 2.30. The largest absolute Gasteiger partial charge is 0.329 e. The number of hydrogen-bond acceptors (Lipinski definition) is 3. The Morgan fingerprint density at radius 1 is 1.39 bits per heavy atom. The molecule has 0 bridgehead atoms. The zero-order valence-electron chi connectivity index (χ0n) is 10.3. The van der Waals surface area contributed by atoms with Gasteiger partial charge < -0.3 is 5.73 Å². The Morgan fingerprint density at radius 2 is 1.94 bits per heavy atom. The second-order valence-electron chi connectivity index (χ2n) is 3.95. The molecule has 0 radical (unpaired) electrons. The monoisotopic (exact) mass is 312 g/mol. The molecule has 0 amide bonds. The summed E-state index contributed by atoms with van der Waals surface area (Å²) >= 11 is 5.94. The lowest BCUT2D eigenvalue weighted by molar-refractivity contribution is 0.394. The predicted octanol–water partition coefficient (Wildman–Crippen LogP) is 1.87. The summed E-state index contributed by atoms with van der Waals surface area (Å²) in [7, 11) is -1.85. The minimum absolute atomic E-state index is 0. The van der Waals surface area contributed by atoms with Crippen LogP contribution >= 0.6 is 24.0 Å². The van der Waals surface area contributed by atoms with Crippen molar-refractivity contribution in [3.05, 3.63) is 34.9 Å². The quantitative estimate of drug-likeness (QED) is 0.902. The fraction of sp³-hybridized carbons (Fsp3) is 0.455. The summed E-state index contributed by atoms with van der Waals surface area (Å²) in [5, 5.41) is 0.463. The first-order valence-corrected chi connectivity index (χ1v) is 7.26. The van der Waals surface area contributed by atoms with E-state index in [1.54, 1.807) is 31.2 Å². The molecular weight excluding hydrogens is 295 g/mol. The first-order chi connectivity index (χ1) is 7.88. The molecule has 1 atom stereocenters. The van der Waals surface area contributed by atoms with Crippen LogP contribution in [0.15, 0.2) is 24.3 Å². The Labute approximate surface area is 120 Å². The van der Waals surface area contributed by atoms with E-state index in [0.29, 0.717) is 10.6 Å². The first-order valence-electron chi connectivity index (χ1n) is 5.27. The molecule has 0 saturated carbocycles. The molecule has 7 heteroatoms. The van der Waals surface area contributed by atoms with Crippen LogP contribution < -0.4 is 5.73 Å². The van der Waals surface area contributed by atoms with Crippen LogP contribution in [-0.4, -0.2) is 32.4 Å². The standard InChI is InChI=1S/C11H17ClN2O2S.ClH/c1-9(7-13)14(2)17(15,16)8-10-5-3-4-6-11(10)12;/h3-6,9H,7-8,13H2,1-2H3;1H. The molecule has 1 unspecified atom stereocenters. The Bertz CT molecular complexity index is 480. The molecule has 1 aromatic carbocycles. The van der Waals surface area contributed by atoms with Gasteiger partial charge in [-0.1, -0.05) is 29.8 Å². The second kappa shape index (κ2) is 7.31. The van der Waals surface area contributed by atoms with E-state index in [9.17, 15) is 8.42 Å². The van der Waals surface area contributed by atoms with Gasteiger partial charge in [0.15, 0.2) is 0 Å². The van der Waals surface area contributed by atoms with Crippen LogP contribution in [-0.2, 0) is 15.8 Å². The summed E-state index contributed by atoms with van der Waals surface area (Å²) < 4.78 is 25.4. The van der Waals surface area contributed by atoms with Crippen LogP contribution in [0.3, 0.4) is 0 Å². The Morgan fingerprint density at radius 3 is 2.44 bits per heavy atom. The van der Waals surface area contributed by atoms with Gasteiger partial charge in [-0.25, -0.2) is 12.7 Å². The van der Waals surface area contributed by atoms with Gasteiger partial charge in [0.1, 0.15) is 0 Å². The van der Waals surface area contributed by atoms with Gasteiger partial charge in [0.25, 0.3) is 0 Å². The fourth-order valence-corrected chi connectivity index (χ4v) is 3.10. The number of hydrogen-bond donors (Lipinski definition) is 1. The van der Waals surface area contributed by atoms with Gasteiger partial charge in [0, 0.05) is 24.7 Å². The van der Waals surface area contributed by atoms with E-state index >= 15 is 0 Å². The van der Waals surface area contributed by atoms with Crippen LogP contribution in [0, 0.1) is 0 Å². The average molecular weight is 313 g/mol. The van der Waals surface area contributed by atoms with E-state index in [4.69, 9.17) is 17.3 Å². The molecule has 0 aliphatic carbocycles. The first kappa shape index (κ1) is 17.7. The molecule has 0 aliphatic rings. The number of nitrogens with two attached hydrogens (primary N) is 1. The van der Waals surface area contributed by atoms with Gasteiger partial charge in [0.05, 0.1) is 5.75 Å². The highest BCUT2D eigenvalue weighted by Crippen LogP contribution is 2.19. The summed E-state index contributed by atoms with van der Waals surface area (Å²) in [6, 6.07) is 6.70. The van der Waals surface area contributed by atoms with E-state index in [1.165, 1.54) is 11.4 Å². The number of rotatable bonds is 5. The molecule has 0 aromatic heterocycles. The minimum atomic E-state index is -3.38. The van der Waals surface area contributed by atoms with E-state index in [0.717, 1.165) is 0 Å². The van der Waals surface area contributed by atoms with Crippen molar-refractivity contribution in [2.75, 3.05) is 13.6 Å². The van der Waals surface area contributed by atoms with Crippen LogP contribution in [0.2, 0.25) is 5.02 Å². The van der Waals surface area contributed by atoms with Crippen LogP contribution in [0.4, 0.5) is 0 Å². The van der Waals surface area contributed by atoms with Crippen molar-refractivity contribution in [3.63, 3.8) is 0 Å². The Kier molecular flexibility index (Phi) is 7.17. The summed E-state index contributed by atoms with van der Waals surface area (Å²) in [5.41, 5.74) is 6.06. The van der Waals surface area contributed by atoms with Gasteiger partial charge in [0.2, 0.25) is 10.0 Å². The van der Waals surface area contributed by atoms with Crippen LogP contribution in [0.5, 0.6) is 0 Å². The zero-order valence-corrected chi connectivity index (χ0v) is 12.7. The number of halogens is 2. The molecule has 18 heavy (non-hydrogen) atoms. The lowest BCUT2D eigenvalue weighted by Crippen LogP contribution is -2.40. The zero-order chi connectivity index (χ0) is 13.1. The molecule has 1 aromatic rings. The van der Waals surface area contributed by atoms with E-state index in [1.807, 2.05) is 0 Å². The fourth-order valence-electron chi connectivity index (χ4n) is 1.34. The van der Waals surface area contributed by atoms with Crippen molar-refractivity contribution in [2.45, 2.75) is 18.7 Å². The highest BCUT2D eigenvalue weighted by molar-refractivity contribution is 7.88. The normalized spacial score (nSPS) is 13.2. The summed E-state index contributed by atoms with van der Waals surface area (Å²) in [6.45, 7) is 2.06. The maximum absolute atomic E-state index is 12.1. The Hall–Kier alpha value is -0.330. The molecule has 1 rings (SSSR count). The number of benzene rings is 1. The van der Waals surface area contributed by atoms with Crippen LogP contribution in [0.25, 0.3) is 0 Å². The lowest BCUT2D eigenvalue weighted by Gasteiger charge is -2.23. The molecular formula is C11H18Cl2N2O2S. The summed E-state index contributed by atoms with van der Waals surface area (Å²) in [6.07, 6.45) is 0. The van der Waals surface area contributed by atoms with Gasteiger partial charge in [-0.05, 0) is 18.6 Å². The maximum Gasteiger partial charge on any atom is 0.218 e. The molecule has 0 spiro atoms. The molecule has 2 N–H and O–H groups in total. The van der Waals surface area contributed by atoms with Crippen molar-refractivity contribution in [3.8, 4) is 0 Å². The van der Waals surface area contributed by atoms with Crippen molar-refractivity contribution >= 4 is 34.0 Å². The lowest BCUT2D eigenvalue weighted by atomic mass is 10.2. The third-order valence-electron chi connectivity index (χ3n) is 2.70. The van der Waals surface area contributed by atoms with Crippen molar-refractivity contribution < 1.29 is 8.42 Å². The van der Waals surface area contributed by atoms with E-state index in [2.05, 4.69) is 0 Å². The summed E-state index contributed by atoms with van der Waals surface area (Å²) in [4.78, 5) is 0. The second-order valence-corrected chi connectivity index (χ2v) is 6.38. The van der Waals surface area contributed by atoms with E-state index < -0.39 is 10.0 Å². The molecule has 0 aliphatic heterocycles. The minimum Gasteiger partial charge on any atom is -0.329 e. The summed E-state index contributed by atoms with van der Waals surface area (Å²) in [5.74, 6) is -0.104. The van der Waals surface area contributed by atoms with Crippen molar-refractivity contribution in [1.29, 1.82) is 0 Å². The third kappa shape index (κ3) is 4.40. The molecule has 0 heterocycles.